The molecule has 0 heterocycles. The smallest absolute Gasteiger partial charge is 0.303 e. The van der Waals surface area contributed by atoms with Crippen LogP contribution >= 0.6 is 0 Å². The molecular formula is C15H20O2. The highest BCUT2D eigenvalue weighted by molar-refractivity contribution is 5.67. The Hall–Kier alpha value is -1.31. The first-order valence-electron chi connectivity index (χ1n) is 6.21. The summed E-state index contributed by atoms with van der Waals surface area (Å²) in [6.07, 6.45) is 2.14. The number of carbonyl (C=O) groups is 1. The van der Waals surface area contributed by atoms with Crippen LogP contribution in [0.1, 0.15) is 43.9 Å². The molecule has 0 aliphatic heterocycles. The molecule has 0 aromatic heterocycles. The van der Waals surface area contributed by atoms with Gasteiger partial charge in [-0.2, -0.15) is 0 Å². The third-order valence-electron chi connectivity index (χ3n) is 3.55. The van der Waals surface area contributed by atoms with Crippen molar-refractivity contribution in [1.29, 1.82) is 0 Å². The Bertz CT molecular complexity index is 441. The number of aliphatic carboxylic acids is 1. The van der Waals surface area contributed by atoms with E-state index in [-0.39, 0.29) is 17.8 Å². The lowest BCUT2D eigenvalue weighted by molar-refractivity contribution is -0.138. The van der Waals surface area contributed by atoms with Crippen molar-refractivity contribution >= 4 is 5.97 Å². The van der Waals surface area contributed by atoms with E-state index in [1.165, 1.54) is 16.7 Å². The summed E-state index contributed by atoms with van der Waals surface area (Å²) >= 11 is 0. The summed E-state index contributed by atoms with van der Waals surface area (Å²) in [7, 11) is 0. The third-order valence-corrected chi connectivity index (χ3v) is 3.55. The van der Waals surface area contributed by atoms with Gasteiger partial charge in [-0.05, 0) is 40.9 Å². The molecule has 0 amide bonds. The predicted molar refractivity (Wildman–Crippen MR) is 68.3 cm³/mol. The zero-order valence-corrected chi connectivity index (χ0v) is 10.8. The number of carboxylic acid groups (broad SMARTS) is 1. The van der Waals surface area contributed by atoms with E-state index < -0.39 is 5.97 Å². The fourth-order valence-electron chi connectivity index (χ4n) is 2.83. The largest absolute Gasteiger partial charge is 0.481 e. The molecule has 1 aromatic carbocycles. The van der Waals surface area contributed by atoms with Crippen molar-refractivity contribution < 1.29 is 9.90 Å². The van der Waals surface area contributed by atoms with Gasteiger partial charge in [0.2, 0.25) is 0 Å². The normalized spacial score (nSPS) is 19.1. The van der Waals surface area contributed by atoms with E-state index in [0.29, 0.717) is 0 Å². The molecule has 2 nitrogen and oxygen atoms in total. The molecule has 0 spiro atoms. The molecule has 0 saturated carbocycles. The van der Waals surface area contributed by atoms with Crippen molar-refractivity contribution in [3.05, 3.63) is 34.9 Å². The summed E-state index contributed by atoms with van der Waals surface area (Å²) in [5.74, 6) is -0.397. The maximum absolute atomic E-state index is 10.8. The van der Waals surface area contributed by atoms with Gasteiger partial charge in [-0.3, -0.25) is 4.79 Å². The molecule has 0 fully saturated rings. The van der Waals surface area contributed by atoms with Crippen LogP contribution in [0.25, 0.3) is 0 Å². The number of hydrogen-bond donors (Lipinski definition) is 1. The van der Waals surface area contributed by atoms with Crippen molar-refractivity contribution in [3.63, 3.8) is 0 Å². The molecule has 1 aromatic rings. The van der Waals surface area contributed by atoms with E-state index in [2.05, 4.69) is 39.0 Å². The maximum atomic E-state index is 10.8. The maximum Gasteiger partial charge on any atom is 0.303 e. The average Bonchev–Trinajstić information content (AvgIpc) is 2.55. The molecule has 92 valence electrons. The Balaban J connectivity index is 2.29. The number of rotatable bonds is 2. The fourth-order valence-corrected chi connectivity index (χ4v) is 2.83. The summed E-state index contributed by atoms with van der Waals surface area (Å²) in [6.45, 7) is 6.65. The van der Waals surface area contributed by atoms with Gasteiger partial charge in [0.25, 0.3) is 0 Å². The van der Waals surface area contributed by atoms with E-state index in [9.17, 15) is 4.79 Å². The lowest BCUT2D eigenvalue weighted by Crippen LogP contribution is -2.14. The molecule has 0 saturated heterocycles. The average molecular weight is 232 g/mol. The standard InChI is InChI=1S/C15H20O2/c1-15(2,3)13-6-4-5-11-7-10(8-12(11)13)9-14(16)17/h4-6,10H,7-9H2,1-3H3,(H,16,17). The van der Waals surface area contributed by atoms with E-state index in [1.807, 2.05) is 0 Å². The van der Waals surface area contributed by atoms with Gasteiger partial charge in [-0.25, -0.2) is 0 Å². The van der Waals surface area contributed by atoms with Gasteiger partial charge in [0.05, 0.1) is 0 Å². The number of benzene rings is 1. The number of carboxylic acids is 1. The van der Waals surface area contributed by atoms with Crippen LogP contribution in [0.3, 0.4) is 0 Å². The monoisotopic (exact) mass is 232 g/mol. The molecular weight excluding hydrogens is 212 g/mol. The molecule has 17 heavy (non-hydrogen) atoms. The van der Waals surface area contributed by atoms with Crippen molar-refractivity contribution in [2.45, 2.75) is 45.4 Å². The summed E-state index contributed by atoms with van der Waals surface area (Å²) in [5, 5.41) is 8.88. The van der Waals surface area contributed by atoms with Crippen molar-refractivity contribution in [2.24, 2.45) is 5.92 Å². The molecule has 1 aliphatic carbocycles. The summed E-state index contributed by atoms with van der Waals surface area (Å²) in [5.41, 5.74) is 4.27. The van der Waals surface area contributed by atoms with Gasteiger partial charge >= 0.3 is 5.97 Å². The Morgan fingerprint density at radius 3 is 2.65 bits per heavy atom. The molecule has 2 heteroatoms. The quantitative estimate of drug-likeness (QED) is 0.850. The second-order valence-corrected chi connectivity index (χ2v) is 6.07. The molecule has 1 aliphatic rings. The van der Waals surface area contributed by atoms with Crippen LogP contribution < -0.4 is 0 Å². The van der Waals surface area contributed by atoms with Crippen LogP contribution in [-0.2, 0) is 23.1 Å². The predicted octanol–water partition coefficient (Wildman–Crippen LogP) is 3.17. The highest BCUT2D eigenvalue weighted by Crippen LogP contribution is 2.36. The zero-order chi connectivity index (χ0) is 12.6. The summed E-state index contributed by atoms with van der Waals surface area (Å²) in [6, 6.07) is 6.43. The second kappa shape index (κ2) is 4.17. The Morgan fingerprint density at radius 2 is 2.06 bits per heavy atom. The Labute approximate surface area is 103 Å². The Morgan fingerprint density at radius 1 is 1.35 bits per heavy atom. The molecule has 0 bridgehead atoms. The first-order valence-corrected chi connectivity index (χ1v) is 6.21. The lowest BCUT2D eigenvalue weighted by Gasteiger charge is -2.22. The Kier molecular flexibility index (Phi) is 2.98. The van der Waals surface area contributed by atoms with Crippen molar-refractivity contribution in [1.82, 2.24) is 0 Å². The second-order valence-electron chi connectivity index (χ2n) is 6.07. The summed E-state index contributed by atoms with van der Waals surface area (Å²) in [4.78, 5) is 10.8. The van der Waals surface area contributed by atoms with Crippen molar-refractivity contribution in [2.75, 3.05) is 0 Å². The molecule has 2 rings (SSSR count). The van der Waals surface area contributed by atoms with E-state index >= 15 is 0 Å². The minimum atomic E-state index is -0.680. The van der Waals surface area contributed by atoms with Gasteiger partial charge in [0, 0.05) is 6.42 Å². The highest BCUT2D eigenvalue weighted by atomic mass is 16.4. The van der Waals surface area contributed by atoms with Gasteiger partial charge in [-0.15, -0.1) is 0 Å². The lowest BCUT2D eigenvalue weighted by atomic mass is 9.82. The van der Waals surface area contributed by atoms with Crippen LogP contribution in [0.2, 0.25) is 0 Å². The third kappa shape index (κ3) is 2.51. The topological polar surface area (TPSA) is 37.3 Å². The summed E-state index contributed by atoms with van der Waals surface area (Å²) < 4.78 is 0. The number of hydrogen-bond acceptors (Lipinski definition) is 1. The SMILES string of the molecule is CC(C)(C)c1cccc2c1CC(CC(=O)O)C2. The molecule has 1 unspecified atom stereocenters. The molecule has 0 radical (unpaired) electrons. The van der Waals surface area contributed by atoms with Gasteiger partial charge in [-0.1, -0.05) is 39.0 Å². The first-order chi connectivity index (χ1) is 7.88. The fraction of sp³-hybridized carbons (Fsp3) is 0.533. The van der Waals surface area contributed by atoms with E-state index in [1.54, 1.807) is 0 Å². The minimum absolute atomic E-state index is 0.142. The van der Waals surface area contributed by atoms with E-state index in [0.717, 1.165) is 12.8 Å². The van der Waals surface area contributed by atoms with Crippen LogP contribution in [0.5, 0.6) is 0 Å². The minimum Gasteiger partial charge on any atom is -0.481 e. The molecule has 1 atom stereocenters. The van der Waals surface area contributed by atoms with E-state index in [4.69, 9.17) is 5.11 Å². The van der Waals surface area contributed by atoms with Gasteiger partial charge in [0.1, 0.15) is 0 Å². The number of fused-ring (bicyclic) bond motifs is 1. The van der Waals surface area contributed by atoms with Gasteiger partial charge < -0.3 is 5.11 Å². The van der Waals surface area contributed by atoms with Gasteiger partial charge in [0.15, 0.2) is 0 Å². The van der Waals surface area contributed by atoms with Crippen LogP contribution in [0.4, 0.5) is 0 Å². The van der Waals surface area contributed by atoms with Crippen LogP contribution in [0.15, 0.2) is 18.2 Å². The molecule has 1 N–H and O–H groups in total. The van der Waals surface area contributed by atoms with Crippen LogP contribution in [-0.4, -0.2) is 11.1 Å². The van der Waals surface area contributed by atoms with Crippen molar-refractivity contribution in [3.8, 4) is 0 Å². The first kappa shape index (κ1) is 12.2. The van der Waals surface area contributed by atoms with Crippen LogP contribution in [0, 0.1) is 5.92 Å². The zero-order valence-electron chi connectivity index (χ0n) is 10.8. The highest BCUT2D eigenvalue weighted by Gasteiger charge is 2.28.